The van der Waals surface area contributed by atoms with Crippen LogP contribution >= 0.6 is 0 Å². The van der Waals surface area contributed by atoms with E-state index in [1.807, 2.05) is 6.92 Å². The van der Waals surface area contributed by atoms with Crippen LogP contribution in [0.5, 0.6) is 5.75 Å². The predicted octanol–water partition coefficient (Wildman–Crippen LogP) is 1.15. The van der Waals surface area contributed by atoms with Crippen LogP contribution in [0.3, 0.4) is 0 Å². The maximum Gasteiger partial charge on any atom is 0.258 e. The number of ether oxygens (including phenoxy) is 1. The van der Waals surface area contributed by atoms with Crippen LogP contribution in [-0.2, 0) is 14.8 Å². The van der Waals surface area contributed by atoms with Crippen LogP contribution < -0.4 is 10.1 Å². The number of amides is 2. The molecule has 1 heterocycles. The van der Waals surface area contributed by atoms with E-state index < -0.39 is 22.2 Å². The largest absolute Gasteiger partial charge is 0.486 e. The van der Waals surface area contributed by atoms with Gasteiger partial charge in [0.1, 0.15) is 6.10 Å². The maximum absolute atomic E-state index is 13.3. The topological polar surface area (TPSA) is 116 Å². The summed E-state index contributed by atoms with van der Waals surface area (Å²) in [6.07, 6.45) is 2.22. The molecule has 1 aromatic carbocycles. The highest BCUT2D eigenvalue weighted by atomic mass is 32.2. The van der Waals surface area contributed by atoms with E-state index in [4.69, 9.17) is 4.74 Å². The average molecular weight is 454 g/mol. The molecule has 10 heteroatoms. The molecular formula is C21H31N3O6S. The number of para-hydroxylation sites is 1. The van der Waals surface area contributed by atoms with E-state index >= 15 is 0 Å². The van der Waals surface area contributed by atoms with Crippen LogP contribution in [0.4, 0.5) is 5.69 Å². The monoisotopic (exact) mass is 453 g/mol. The van der Waals surface area contributed by atoms with Gasteiger partial charge in [-0.25, -0.2) is 12.7 Å². The molecule has 0 bridgehead atoms. The quantitative estimate of drug-likeness (QED) is 0.640. The highest BCUT2D eigenvalue weighted by Crippen LogP contribution is 2.37. The Hall–Kier alpha value is -2.17. The van der Waals surface area contributed by atoms with Gasteiger partial charge in [-0.2, -0.15) is 0 Å². The minimum Gasteiger partial charge on any atom is -0.486 e. The van der Waals surface area contributed by atoms with E-state index in [1.165, 1.54) is 11.4 Å². The zero-order chi connectivity index (χ0) is 22.9. The molecule has 0 saturated heterocycles. The van der Waals surface area contributed by atoms with E-state index in [2.05, 4.69) is 5.32 Å². The number of aliphatic hydroxyl groups is 1. The third kappa shape index (κ3) is 5.36. The van der Waals surface area contributed by atoms with Gasteiger partial charge in [-0.3, -0.25) is 9.59 Å². The molecule has 1 aliphatic heterocycles. The van der Waals surface area contributed by atoms with Gasteiger partial charge in [0.25, 0.3) is 5.91 Å². The maximum atomic E-state index is 13.3. The Morgan fingerprint density at radius 1 is 1.39 bits per heavy atom. The molecule has 172 valence electrons. The molecule has 3 atom stereocenters. The Labute approximate surface area is 183 Å². The molecule has 2 aliphatic rings. The number of carbonyl (C=O) groups is 2. The van der Waals surface area contributed by atoms with Crippen molar-refractivity contribution in [3.63, 3.8) is 0 Å². The van der Waals surface area contributed by atoms with Crippen molar-refractivity contribution in [3.8, 4) is 5.75 Å². The lowest BCUT2D eigenvalue weighted by molar-refractivity contribution is -0.117. The number of nitrogens with one attached hydrogen (secondary N) is 1. The minimum atomic E-state index is -3.44. The molecule has 3 rings (SSSR count). The number of hydrogen-bond acceptors (Lipinski definition) is 6. The van der Waals surface area contributed by atoms with Crippen molar-refractivity contribution in [1.29, 1.82) is 0 Å². The standard InChI is InChI=1S/C21H31N3O6S/c1-13-10-24(14(2)12-25)21(27)16-6-5-7-17(22-20(26)15-8-9-15)19(16)30-18(13)11-23(3)31(4,28)29/h5-7,13-15,18,25H,8-12H2,1-4H3,(H,22,26). The minimum absolute atomic E-state index is 0.0305. The summed E-state index contributed by atoms with van der Waals surface area (Å²) in [4.78, 5) is 27.3. The fourth-order valence-corrected chi connectivity index (χ4v) is 3.95. The molecule has 9 nitrogen and oxygen atoms in total. The average Bonchev–Trinajstić information content (AvgIpc) is 3.55. The van der Waals surface area contributed by atoms with Crippen LogP contribution in [0.15, 0.2) is 18.2 Å². The highest BCUT2D eigenvalue weighted by molar-refractivity contribution is 7.88. The van der Waals surface area contributed by atoms with E-state index in [0.29, 0.717) is 12.2 Å². The first-order chi connectivity index (χ1) is 14.5. The van der Waals surface area contributed by atoms with Gasteiger partial charge < -0.3 is 20.1 Å². The van der Waals surface area contributed by atoms with Gasteiger partial charge in [0, 0.05) is 25.4 Å². The highest BCUT2D eigenvalue weighted by Gasteiger charge is 2.36. The molecule has 1 aliphatic carbocycles. The van der Waals surface area contributed by atoms with E-state index in [1.54, 1.807) is 30.0 Å². The van der Waals surface area contributed by atoms with Crippen LogP contribution in [0, 0.1) is 11.8 Å². The summed E-state index contributed by atoms with van der Waals surface area (Å²) in [6, 6.07) is 4.54. The first kappa shape index (κ1) is 23.5. The fourth-order valence-electron chi connectivity index (χ4n) is 3.53. The zero-order valence-electron chi connectivity index (χ0n) is 18.4. The second-order valence-electron chi connectivity index (χ2n) is 8.61. The number of carbonyl (C=O) groups excluding carboxylic acids is 2. The Balaban J connectivity index is 2.03. The number of nitrogens with zero attached hydrogens (tertiary/aromatic N) is 2. The van der Waals surface area contributed by atoms with Gasteiger partial charge in [0.15, 0.2) is 5.75 Å². The Morgan fingerprint density at radius 2 is 2.06 bits per heavy atom. The third-order valence-electron chi connectivity index (χ3n) is 5.90. The number of fused-ring (bicyclic) bond motifs is 1. The molecule has 0 radical (unpaired) electrons. The van der Waals surface area contributed by atoms with Gasteiger partial charge in [-0.1, -0.05) is 13.0 Å². The third-order valence-corrected chi connectivity index (χ3v) is 7.18. The van der Waals surface area contributed by atoms with E-state index in [0.717, 1.165) is 19.1 Å². The van der Waals surface area contributed by atoms with Crippen molar-refractivity contribution < 1.29 is 27.9 Å². The van der Waals surface area contributed by atoms with Gasteiger partial charge in [-0.15, -0.1) is 0 Å². The number of rotatable bonds is 7. The SMILES string of the molecule is CC1CN(C(C)CO)C(=O)c2cccc(NC(=O)C3CC3)c2OC1CN(C)S(C)(=O)=O. The van der Waals surface area contributed by atoms with Crippen molar-refractivity contribution in [2.24, 2.45) is 11.8 Å². The van der Waals surface area contributed by atoms with Crippen molar-refractivity contribution in [2.45, 2.75) is 38.8 Å². The molecule has 31 heavy (non-hydrogen) atoms. The lowest BCUT2D eigenvalue weighted by Crippen LogP contribution is -2.50. The van der Waals surface area contributed by atoms with Crippen molar-refractivity contribution in [2.75, 3.05) is 38.3 Å². The number of benzene rings is 1. The normalized spacial score (nSPS) is 22.9. The number of anilines is 1. The molecule has 0 spiro atoms. The van der Waals surface area contributed by atoms with Crippen LogP contribution in [0.25, 0.3) is 0 Å². The Morgan fingerprint density at radius 3 is 2.65 bits per heavy atom. The first-order valence-electron chi connectivity index (χ1n) is 10.5. The summed E-state index contributed by atoms with van der Waals surface area (Å²) in [6.45, 7) is 3.80. The Bertz CT molecular complexity index is 946. The molecule has 1 fully saturated rings. The van der Waals surface area contributed by atoms with Crippen molar-refractivity contribution >= 4 is 27.5 Å². The van der Waals surface area contributed by atoms with Crippen LogP contribution in [0.2, 0.25) is 0 Å². The fraction of sp³-hybridized carbons (Fsp3) is 0.619. The van der Waals surface area contributed by atoms with Crippen molar-refractivity contribution in [3.05, 3.63) is 23.8 Å². The second-order valence-corrected chi connectivity index (χ2v) is 10.7. The smallest absolute Gasteiger partial charge is 0.258 e. The number of aliphatic hydroxyl groups excluding tert-OH is 1. The van der Waals surface area contributed by atoms with Gasteiger partial charge >= 0.3 is 0 Å². The summed E-state index contributed by atoms with van der Waals surface area (Å²) < 4.78 is 31.4. The summed E-state index contributed by atoms with van der Waals surface area (Å²) in [7, 11) is -1.96. The number of sulfonamides is 1. The van der Waals surface area contributed by atoms with Crippen molar-refractivity contribution in [1.82, 2.24) is 9.21 Å². The van der Waals surface area contributed by atoms with Crippen LogP contribution in [-0.4, -0.2) is 79.7 Å². The van der Waals surface area contributed by atoms with Gasteiger partial charge in [-0.05, 0) is 31.9 Å². The number of likely N-dealkylation sites (N-methyl/N-ethyl adjacent to an activating group) is 1. The lowest BCUT2D eigenvalue weighted by atomic mass is 9.99. The molecular weight excluding hydrogens is 422 g/mol. The summed E-state index contributed by atoms with van der Waals surface area (Å²) >= 11 is 0. The van der Waals surface area contributed by atoms with E-state index in [-0.39, 0.29) is 48.1 Å². The first-order valence-corrected chi connectivity index (χ1v) is 12.3. The molecule has 1 saturated carbocycles. The molecule has 2 amide bonds. The van der Waals surface area contributed by atoms with Gasteiger partial charge in [0.2, 0.25) is 15.9 Å². The summed E-state index contributed by atoms with van der Waals surface area (Å²) in [5.41, 5.74) is 0.660. The number of hydrogen-bond donors (Lipinski definition) is 2. The van der Waals surface area contributed by atoms with Crippen LogP contribution in [0.1, 0.15) is 37.0 Å². The summed E-state index contributed by atoms with van der Waals surface area (Å²) in [5.74, 6) is -0.458. The second kappa shape index (κ2) is 9.13. The molecule has 1 aromatic rings. The Kier molecular flexibility index (Phi) is 6.92. The molecule has 3 unspecified atom stereocenters. The lowest BCUT2D eigenvalue weighted by Gasteiger charge is -2.38. The zero-order valence-corrected chi connectivity index (χ0v) is 19.2. The predicted molar refractivity (Wildman–Crippen MR) is 116 cm³/mol. The summed E-state index contributed by atoms with van der Waals surface area (Å²) in [5, 5.41) is 12.6. The molecule has 2 N–H and O–H groups in total. The van der Waals surface area contributed by atoms with Gasteiger partial charge in [0.05, 0.1) is 36.7 Å². The molecule has 0 aromatic heterocycles. The van der Waals surface area contributed by atoms with E-state index in [9.17, 15) is 23.1 Å².